The fourth-order valence-corrected chi connectivity index (χ4v) is 4.09. The van der Waals surface area contributed by atoms with Crippen LogP contribution in [0, 0.1) is 13.8 Å². The Hall–Kier alpha value is -2.01. The van der Waals surface area contributed by atoms with Crippen LogP contribution in [0.3, 0.4) is 0 Å². The summed E-state index contributed by atoms with van der Waals surface area (Å²) in [7, 11) is -3.59. The standard InChI is InChI=1S/C18H23NO3S/c1-5-19(18-12-7-14(3)13-15(18)4)23(20,21)17-10-8-16(9-11-17)22-6-2/h7-13H,5-6H2,1-4H3. The molecule has 0 radical (unpaired) electrons. The zero-order valence-corrected chi connectivity index (χ0v) is 14.9. The first-order valence-electron chi connectivity index (χ1n) is 7.73. The number of anilines is 1. The highest BCUT2D eigenvalue weighted by Crippen LogP contribution is 2.28. The van der Waals surface area contributed by atoms with Crippen LogP contribution in [0.2, 0.25) is 0 Å². The molecule has 5 heteroatoms. The van der Waals surface area contributed by atoms with Gasteiger partial charge in [-0.2, -0.15) is 0 Å². The molecule has 0 spiro atoms. The van der Waals surface area contributed by atoms with E-state index in [1.807, 2.05) is 45.9 Å². The van der Waals surface area contributed by atoms with Crippen LogP contribution in [0.1, 0.15) is 25.0 Å². The van der Waals surface area contributed by atoms with Crippen molar-refractivity contribution in [2.75, 3.05) is 17.5 Å². The number of hydrogen-bond donors (Lipinski definition) is 0. The summed E-state index contributed by atoms with van der Waals surface area (Å²) in [5.41, 5.74) is 2.77. The van der Waals surface area contributed by atoms with E-state index in [-0.39, 0.29) is 4.90 Å². The molecule has 124 valence electrons. The molecule has 0 amide bonds. The number of hydrogen-bond acceptors (Lipinski definition) is 3. The summed E-state index contributed by atoms with van der Waals surface area (Å²) < 4.78 is 32.7. The third-order valence-electron chi connectivity index (χ3n) is 3.63. The van der Waals surface area contributed by atoms with E-state index >= 15 is 0 Å². The predicted octanol–water partition coefficient (Wildman–Crippen LogP) is 3.92. The quantitative estimate of drug-likeness (QED) is 0.805. The van der Waals surface area contributed by atoms with Crippen molar-refractivity contribution in [1.29, 1.82) is 0 Å². The van der Waals surface area contributed by atoms with Crippen molar-refractivity contribution < 1.29 is 13.2 Å². The van der Waals surface area contributed by atoms with Crippen LogP contribution in [-0.2, 0) is 10.0 Å². The lowest BCUT2D eigenvalue weighted by Gasteiger charge is -2.25. The van der Waals surface area contributed by atoms with Crippen LogP contribution >= 0.6 is 0 Å². The molecule has 0 bridgehead atoms. The van der Waals surface area contributed by atoms with Crippen LogP contribution in [0.4, 0.5) is 5.69 Å². The Labute approximate surface area is 138 Å². The summed E-state index contributed by atoms with van der Waals surface area (Å²) in [6, 6.07) is 12.3. The van der Waals surface area contributed by atoms with E-state index in [1.54, 1.807) is 24.3 Å². The molecule has 0 N–H and O–H groups in total. The second kappa shape index (κ2) is 7.04. The van der Waals surface area contributed by atoms with E-state index in [2.05, 4.69) is 0 Å². The molecule has 0 aliphatic carbocycles. The van der Waals surface area contributed by atoms with Crippen molar-refractivity contribution in [2.24, 2.45) is 0 Å². The van der Waals surface area contributed by atoms with E-state index in [0.29, 0.717) is 24.6 Å². The predicted molar refractivity (Wildman–Crippen MR) is 93.7 cm³/mol. The first-order valence-corrected chi connectivity index (χ1v) is 9.17. The van der Waals surface area contributed by atoms with Gasteiger partial charge in [0.2, 0.25) is 0 Å². The van der Waals surface area contributed by atoms with E-state index < -0.39 is 10.0 Å². The van der Waals surface area contributed by atoms with Gasteiger partial charge in [-0.15, -0.1) is 0 Å². The van der Waals surface area contributed by atoms with E-state index in [0.717, 1.165) is 11.1 Å². The summed E-state index contributed by atoms with van der Waals surface area (Å²) >= 11 is 0. The van der Waals surface area contributed by atoms with Crippen LogP contribution in [0.15, 0.2) is 47.4 Å². The van der Waals surface area contributed by atoms with Gasteiger partial charge in [-0.25, -0.2) is 8.42 Å². The Morgan fingerprint density at radius 3 is 2.17 bits per heavy atom. The second-order valence-electron chi connectivity index (χ2n) is 5.36. The van der Waals surface area contributed by atoms with Crippen molar-refractivity contribution >= 4 is 15.7 Å². The molecule has 2 rings (SSSR count). The molecule has 4 nitrogen and oxygen atoms in total. The molecule has 2 aromatic carbocycles. The number of ether oxygens (including phenoxy) is 1. The Morgan fingerprint density at radius 1 is 1.00 bits per heavy atom. The minimum absolute atomic E-state index is 0.266. The molecule has 0 aromatic heterocycles. The van der Waals surface area contributed by atoms with Gasteiger partial charge in [0.25, 0.3) is 10.0 Å². The molecular formula is C18H23NO3S. The Kier molecular flexibility index (Phi) is 5.31. The zero-order valence-electron chi connectivity index (χ0n) is 14.0. The molecule has 23 heavy (non-hydrogen) atoms. The maximum absolute atomic E-state index is 13.0. The van der Waals surface area contributed by atoms with Crippen molar-refractivity contribution in [3.63, 3.8) is 0 Å². The van der Waals surface area contributed by atoms with Gasteiger partial charge < -0.3 is 4.74 Å². The van der Waals surface area contributed by atoms with Gasteiger partial charge in [0.05, 0.1) is 17.2 Å². The molecule has 0 heterocycles. The Bertz CT molecular complexity index is 767. The Morgan fingerprint density at radius 2 is 1.65 bits per heavy atom. The van der Waals surface area contributed by atoms with E-state index in [1.165, 1.54) is 4.31 Å². The van der Waals surface area contributed by atoms with Crippen molar-refractivity contribution in [3.05, 3.63) is 53.6 Å². The average molecular weight is 333 g/mol. The minimum Gasteiger partial charge on any atom is -0.494 e. The summed E-state index contributed by atoms with van der Waals surface area (Å²) in [4.78, 5) is 0.266. The van der Waals surface area contributed by atoms with Gasteiger partial charge in [0.15, 0.2) is 0 Å². The van der Waals surface area contributed by atoms with Gasteiger partial charge in [0, 0.05) is 6.54 Å². The summed E-state index contributed by atoms with van der Waals surface area (Å²) in [5, 5.41) is 0. The molecule has 0 unspecified atom stereocenters. The van der Waals surface area contributed by atoms with Gasteiger partial charge >= 0.3 is 0 Å². The van der Waals surface area contributed by atoms with Crippen LogP contribution in [-0.4, -0.2) is 21.6 Å². The number of benzene rings is 2. The summed E-state index contributed by atoms with van der Waals surface area (Å²) in [5.74, 6) is 0.668. The van der Waals surface area contributed by atoms with Crippen molar-refractivity contribution in [1.82, 2.24) is 0 Å². The van der Waals surface area contributed by atoms with Gasteiger partial charge in [-0.05, 0) is 63.6 Å². The SMILES string of the molecule is CCOc1ccc(S(=O)(=O)N(CC)c2ccc(C)cc2C)cc1. The van der Waals surface area contributed by atoms with Crippen molar-refractivity contribution in [3.8, 4) is 5.75 Å². The number of rotatable bonds is 6. The third kappa shape index (κ3) is 3.67. The largest absolute Gasteiger partial charge is 0.494 e. The molecule has 0 saturated carbocycles. The average Bonchev–Trinajstić information content (AvgIpc) is 2.51. The fourth-order valence-electron chi connectivity index (χ4n) is 2.56. The molecular weight excluding hydrogens is 310 g/mol. The summed E-state index contributed by atoms with van der Waals surface area (Å²) in [6.07, 6.45) is 0. The van der Waals surface area contributed by atoms with Gasteiger partial charge in [0.1, 0.15) is 5.75 Å². The molecule has 0 aliphatic heterocycles. The third-order valence-corrected chi connectivity index (χ3v) is 5.53. The topological polar surface area (TPSA) is 46.6 Å². The molecule has 0 saturated heterocycles. The smallest absolute Gasteiger partial charge is 0.264 e. The molecule has 0 fully saturated rings. The first-order chi connectivity index (χ1) is 10.9. The molecule has 0 atom stereocenters. The number of aryl methyl sites for hydroxylation is 2. The van der Waals surface area contributed by atoms with Gasteiger partial charge in [-0.1, -0.05) is 17.7 Å². The number of sulfonamides is 1. The highest BCUT2D eigenvalue weighted by Gasteiger charge is 2.24. The highest BCUT2D eigenvalue weighted by molar-refractivity contribution is 7.92. The maximum atomic E-state index is 13.0. The van der Waals surface area contributed by atoms with Crippen LogP contribution < -0.4 is 9.04 Å². The fraction of sp³-hybridized carbons (Fsp3) is 0.333. The molecule has 2 aromatic rings. The summed E-state index contributed by atoms with van der Waals surface area (Å²) in [6.45, 7) is 8.58. The maximum Gasteiger partial charge on any atom is 0.264 e. The molecule has 0 aliphatic rings. The van der Waals surface area contributed by atoms with Gasteiger partial charge in [-0.3, -0.25) is 4.31 Å². The minimum atomic E-state index is -3.59. The lowest BCUT2D eigenvalue weighted by molar-refractivity contribution is 0.340. The van der Waals surface area contributed by atoms with Crippen molar-refractivity contribution in [2.45, 2.75) is 32.6 Å². The van der Waals surface area contributed by atoms with Crippen LogP contribution in [0.25, 0.3) is 0 Å². The van der Waals surface area contributed by atoms with E-state index in [9.17, 15) is 8.42 Å². The Balaban J connectivity index is 2.42. The normalized spacial score (nSPS) is 11.3. The second-order valence-corrected chi connectivity index (χ2v) is 7.23. The van der Waals surface area contributed by atoms with Crippen LogP contribution in [0.5, 0.6) is 5.75 Å². The lowest BCUT2D eigenvalue weighted by Crippen LogP contribution is -2.31. The van der Waals surface area contributed by atoms with E-state index in [4.69, 9.17) is 4.74 Å². The monoisotopic (exact) mass is 333 g/mol. The zero-order chi connectivity index (χ0) is 17.0. The number of nitrogens with zero attached hydrogens (tertiary/aromatic N) is 1. The first kappa shape index (κ1) is 17.3. The lowest BCUT2D eigenvalue weighted by atomic mass is 10.1. The highest BCUT2D eigenvalue weighted by atomic mass is 32.2.